The molecule has 1 amide bonds. The largest absolute Gasteiger partial charge is 0.492 e. The number of carbonyl (C=O) groups is 1. The maximum atomic E-state index is 12.1. The molecule has 2 N–H and O–H groups in total. The number of nitrogens with two attached hydrogens (primary N) is 1. The van der Waals surface area contributed by atoms with E-state index in [1.54, 1.807) is 11.9 Å². The van der Waals surface area contributed by atoms with Crippen molar-refractivity contribution in [3.05, 3.63) is 29.3 Å². The van der Waals surface area contributed by atoms with Gasteiger partial charge in [0.15, 0.2) is 0 Å². The third-order valence-electron chi connectivity index (χ3n) is 3.31. The van der Waals surface area contributed by atoms with Crippen molar-refractivity contribution in [2.24, 2.45) is 11.7 Å². The van der Waals surface area contributed by atoms with E-state index in [1.807, 2.05) is 26.0 Å². The van der Waals surface area contributed by atoms with Gasteiger partial charge in [-0.05, 0) is 49.4 Å². The van der Waals surface area contributed by atoms with E-state index in [2.05, 4.69) is 19.9 Å². The number of hydrogen-bond acceptors (Lipinski definition) is 3. The lowest BCUT2D eigenvalue weighted by atomic mass is 10.0. The highest BCUT2D eigenvalue weighted by molar-refractivity contribution is 5.81. The molecule has 118 valence electrons. The summed E-state index contributed by atoms with van der Waals surface area (Å²) in [5.41, 5.74) is 8.26. The molecule has 0 fully saturated rings. The van der Waals surface area contributed by atoms with Gasteiger partial charge in [0, 0.05) is 7.05 Å². The van der Waals surface area contributed by atoms with E-state index >= 15 is 0 Å². The molecule has 0 heterocycles. The minimum atomic E-state index is -0.420. The zero-order valence-electron chi connectivity index (χ0n) is 13.8. The Kier molecular flexibility index (Phi) is 6.69. The van der Waals surface area contributed by atoms with Gasteiger partial charge in [0.25, 0.3) is 0 Å². The topological polar surface area (TPSA) is 55.6 Å². The van der Waals surface area contributed by atoms with Crippen LogP contribution in [0.3, 0.4) is 0 Å². The number of ether oxygens (including phenoxy) is 1. The minimum Gasteiger partial charge on any atom is -0.492 e. The van der Waals surface area contributed by atoms with Crippen LogP contribution in [-0.4, -0.2) is 37.0 Å². The summed E-state index contributed by atoms with van der Waals surface area (Å²) in [6.07, 6.45) is 0.709. The van der Waals surface area contributed by atoms with Crippen LogP contribution in [0.2, 0.25) is 0 Å². The second-order valence-corrected chi connectivity index (χ2v) is 6.17. The molecule has 1 unspecified atom stereocenters. The Morgan fingerprint density at radius 3 is 2.33 bits per heavy atom. The van der Waals surface area contributed by atoms with Crippen molar-refractivity contribution in [3.63, 3.8) is 0 Å². The lowest BCUT2D eigenvalue weighted by Crippen LogP contribution is -2.43. The number of benzene rings is 1. The first-order valence-electron chi connectivity index (χ1n) is 7.51. The lowest BCUT2D eigenvalue weighted by Gasteiger charge is -2.22. The summed E-state index contributed by atoms with van der Waals surface area (Å²) < 4.78 is 5.71. The van der Waals surface area contributed by atoms with Gasteiger partial charge in [-0.25, -0.2) is 0 Å². The van der Waals surface area contributed by atoms with Gasteiger partial charge >= 0.3 is 0 Å². The third-order valence-corrected chi connectivity index (χ3v) is 3.31. The fourth-order valence-electron chi connectivity index (χ4n) is 2.32. The number of nitrogens with zero attached hydrogens (tertiary/aromatic N) is 1. The minimum absolute atomic E-state index is 0.0206. The van der Waals surface area contributed by atoms with E-state index in [0.29, 0.717) is 25.5 Å². The first-order chi connectivity index (χ1) is 9.79. The number of hydrogen-bond donors (Lipinski definition) is 1. The zero-order chi connectivity index (χ0) is 16.0. The summed E-state index contributed by atoms with van der Waals surface area (Å²) in [4.78, 5) is 13.7. The van der Waals surface area contributed by atoms with Crippen molar-refractivity contribution in [2.45, 2.75) is 40.2 Å². The summed E-state index contributed by atoms with van der Waals surface area (Å²) >= 11 is 0. The molecule has 0 aliphatic rings. The van der Waals surface area contributed by atoms with Crippen LogP contribution in [0.25, 0.3) is 0 Å². The molecule has 21 heavy (non-hydrogen) atoms. The molecule has 0 radical (unpaired) electrons. The first-order valence-corrected chi connectivity index (χ1v) is 7.51. The molecule has 0 saturated carbocycles. The SMILES string of the molecule is Cc1cc(C)cc(OCCN(C)C(=O)C(N)CC(C)C)c1. The molecule has 0 aliphatic carbocycles. The molecule has 1 rings (SSSR count). The van der Waals surface area contributed by atoms with E-state index in [0.717, 1.165) is 5.75 Å². The summed E-state index contributed by atoms with van der Waals surface area (Å²) in [5, 5.41) is 0. The molecule has 1 aromatic rings. The predicted octanol–water partition coefficient (Wildman–Crippen LogP) is 2.51. The molecule has 4 nitrogen and oxygen atoms in total. The average Bonchev–Trinajstić information content (AvgIpc) is 2.35. The van der Waals surface area contributed by atoms with E-state index in [9.17, 15) is 4.79 Å². The van der Waals surface area contributed by atoms with Crippen LogP contribution in [0, 0.1) is 19.8 Å². The number of likely N-dealkylation sites (N-methyl/N-ethyl adjacent to an activating group) is 1. The van der Waals surface area contributed by atoms with Gasteiger partial charge in [0.2, 0.25) is 5.91 Å². The van der Waals surface area contributed by atoms with Crippen molar-refractivity contribution in [1.29, 1.82) is 0 Å². The van der Waals surface area contributed by atoms with Crippen molar-refractivity contribution in [3.8, 4) is 5.75 Å². The molecule has 1 atom stereocenters. The standard InChI is InChI=1S/C17H28N2O2/c1-12(2)8-16(18)17(20)19(5)6-7-21-15-10-13(3)9-14(4)11-15/h9-12,16H,6-8,18H2,1-5H3. The van der Waals surface area contributed by atoms with Gasteiger partial charge in [-0.1, -0.05) is 19.9 Å². The zero-order valence-corrected chi connectivity index (χ0v) is 13.8. The number of aryl methyl sites for hydroxylation is 2. The molecule has 4 heteroatoms. The summed E-state index contributed by atoms with van der Waals surface area (Å²) in [7, 11) is 1.77. The average molecular weight is 292 g/mol. The van der Waals surface area contributed by atoms with Gasteiger partial charge < -0.3 is 15.4 Å². The smallest absolute Gasteiger partial charge is 0.239 e. The fraction of sp³-hybridized carbons (Fsp3) is 0.588. The Hall–Kier alpha value is -1.55. The van der Waals surface area contributed by atoms with Crippen molar-refractivity contribution in [2.75, 3.05) is 20.2 Å². The lowest BCUT2D eigenvalue weighted by molar-refractivity contribution is -0.131. The number of amides is 1. The van der Waals surface area contributed by atoms with Gasteiger partial charge in [-0.3, -0.25) is 4.79 Å². The maximum absolute atomic E-state index is 12.1. The van der Waals surface area contributed by atoms with Crippen LogP contribution in [0.5, 0.6) is 5.75 Å². The monoisotopic (exact) mass is 292 g/mol. The highest BCUT2D eigenvalue weighted by Gasteiger charge is 2.18. The second-order valence-electron chi connectivity index (χ2n) is 6.17. The highest BCUT2D eigenvalue weighted by Crippen LogP contribution is 2.16. The Morgan fingerprint density at radius 2 is 1.81 bits per heavy atom. The first kappa shape index (κ1) is 17.5. The number of rotatable bonds is 7. The van der Waals surface area contributed by atoms with Crippen LogP contribution in [-0.2, 0) is 4.79 Å². The summed E-state index contributed by atoms with van der Waals surface area (Å²) in [6.45, 7) is 9.23. The molecule has 0 aromatic heterocycles. The molecule has 0 saturated heterocycles. The van der Waals surface area contributed by atoms with E-state index < -0.39 is 6.04 Å². The van der Waals surface area contributed by atoms with E-state index in [1.165, 1.54) is 11.1 Å². The van der Waals surface area contributed by atoms with Crippen LogP contribution in [0.15, 0.2) is 18.2 Å². The second kappa shape index (κ2) is 8.03. The quantitative estimate of drug-likeness (QED) is 0.840. The Balaban J connectivity index is 2.42. The van der Waals surface area contributed by atoms with Crippen LogP contribution in [0.4, 0.5) is 0 Å². The molecular weight excluding hydrogens is 264 g/mol. The van der Waals surface area contributed by atoms with Crippen molar-refractivity contribution >= 4 is 5.91 Å². The fourth-order valence-corrected chi connectivity index (χ4v) is 2.32. The highest BCUT2D eigenvalue weighted by atomic mass is 16.5. The Labute approximate surface area is 128 Å². The van der Waals surface area contributed by atoms with Gasteiger partial charge in [0.05, 0.1) is 12.6 Å². The van der Waals surface area contributed by atoms with E-state index in [4.69, 9.17) is 10.5 Å². The van der Waals surface area contributed by atoms with Crippen LogP contribution >= 0.6 is 0 Å². The van der Waals surface area contributed by atoms with Gasteiger partial charge in [-0.15, -0.1) is 0 Å². The molecular formula is C17H28N2O2. The molecule has 0 aliphatic heterocycles. The normalized spacial score (nSPS) is 12.3. The van der Waals surface area contributed by atoms with Crippen molar-refractivity contribution in [1.82, 2.24) is 4.90 Å². The molecule has 0 spiro atoms. The number of carbonyl (C=O) groups excluding carboxylic acids is 1. The Bertz CT molecular complexity index is 452. The van der Waals surface area contributed by atoms with Gasteiger partial charge in [-0.2, -0.15) is 0 Å². The van der Waals surface area contributed by atoms with Crippen LogP contribution < -0.4 is 10.5 Å². The van der Waals surface area contributed by atoms with Crippen molar-refractivity contribution < 1.29 is 9.53 Å². The van der Waals surface area contributed by atoms with Gasteiger partial charge in [0.1, 0.15) is 12.4 Å². The Morgan fingerprint density at radius 1 is 1.24 bits per heavy atom. The predicted molar refractivity (Wildman–Crippen MR) is 86.5 cm³/mol. The summed E-state index contributed by atoms with van der Waals surface area (Å²) in [6, 6.07) is 5.68. The molecule has 1 aromatic carbocycles. The third kappa shape index (κ3) is 6.17. The molecule has 0 bridgehead atoms. The maximum Gasteiger partial charge on any atom is 0.239 e. The van der Waals surface area contributed by atoms with E-state index in [-0.39, 0.29) is 5.91 Å². The van der Waals surface area contributed by atoms with Crippen LogP contribution in [0.1, 0.15) is 31.4 Å². The summed E-state index contributed by atoms with van der Waals surface area (Å²) in [5.74, 6) is 1.25.